The predicted octanol–water partition coefficient (Wildman–Crippen LogP) is 6.99. The SMILES string of the molecule is CC(C)(C)CC(=O)N(C1CCC(C)(C)CC1)[C@H]1CCN(C(=O)[C@@H]2CN(C(C)(C)C)C[C@H]2c2ccc(Cl)cc2)C1. The molecule has 3 aliphatic rings. The van der Waals surface area contributed by atoms with Gasteiger partial charge in [0.25, 0.3) is 0 Å². The third-order valence-corrected chi connectivity index (χ3v) is 9.68. The second kappa shape index (κ2) is 11.4. The van der Waals surface area contributed by atoms with Crippen LogP contribution in [0.3, 0.4) is 0 Å². The van der Waals surface area contributed by atoms with E-state index >= 15 is 0 Å². The Kier molecular flexibility index (Phi) is 8.84. The van der Waals surface area contributed by atoms with E-state index in [9.17, 15) is 9.59 Å². The van der Waals surface area contributed by atoms with Gasteiger partial charge < -0.3 is 9.80 Å². The summed E-state index contributed by atoms with van der Waals surface area (Å²) in [5.41, 5.74) is 1.49. The minimum atomic E-state index is -0.0849. The van der Waals surface area contributed by atoms with Crippen LogP contribution >= 0.6 is 11.6 Å². The van der Waals surface area contributed by atoms with Gasteiger partial charge in [0, 0.05) is 55.1 Å². The van der Waals surface area contributed by atoms with Gasteiger partial charge in [-0.2, -0.15) is 0 Å². The zero-order valence-corrected chi connectivity index (χ0v) is 26.5. The van der Waals surface area contributed by atoms with Gasteiger partial charge in [0.15, 0.2) is 0 Å². The molecule has 0 spiro atoms. The summed E-state index contributed by atoms with van der Waals surface area (Å²) in [6.07, 6.45) is 5.87. The normalized spacial score (nSPS) is 26.7. The fourth-order valence-electron chi connectivity index (χ4n) is 6.97. The molecular formula is C33H52ClN3O2. The zero-order chi connectivity index (χ0) is 28.8. The van der Waals surface area contributed by atoms with Crippen LogP contribution in [-0.2, 0) is 9.59 Å². The minimum absolute atomic E-state index is 0.00180. The molecule has 2 aliphatic heterocycles. The number of nitrogens with zero attached hydrogens (tertiary/aromatic N) is 3. The maximum Gasteiger partial charge on any atom is 0.227 e. The molecule has 39 heavy (non-hydrogen) atoms. The largest absolute Gasteiger partial charge is 0.340 e. The van der Waals surface area contributed by atoms with E-state index < -0.39 is 0 Å². The molecule has 2 amide bonds. The number of hydrogen-bond acceptors (Lipinski definition) is 3. The molecule has 0 unspecified atom stereocenters. The first-order chi connectivity index (χ1) is 18.0. The molecule has 1 aromatic rings. The minimum Gasteiger partial charge on any atom is -0.340 e. The molecule has 0 radical (unpaired) electrons. The van der Waals surface area contributed by atoms with E-state index in [1.165, 1.54) is 5.56 Å². The Bertz CT molecular complexity index is 1010. The monoisotopic (exact) mass is 557 g/mol. The lowest BCUT2D eigenvalue weighted by Crippen LogP contribution is -2.51. The van der Waals surface area contributed by atoms with Crippen molar-refractivity contribution >= 4 is 23.4 Å². The molecule has 2 heterocycles. The van der Waals surface area contributed by atoms with Crippen LogP contribution in [0.4, 0.5) is 0 Å². The van der Waals surface area contributed by atoms with Crippen LogP contribution in [0.5, 0.6) is 0 Å². The summed E-state index contributed by atoms with van der Waals surface area (Å²) >= 11 is 6.20. The molecule has 1 aliphatic carbocycles. The molecule has 0 aromatic heterocycles. The molecule has 3 fully saturated rings. The van der Waals surface area contributed by atoms with Crippen LogP contribution in [-0.4, -0.2) is 70.3 Å². The summed E-state index contributed by atoms with van der Waals surface area (Å²) in [6, 6.07) is 8.46. The molecule has 4 rings (SSSR count). The zero-order valence-electron chi connectivity index (χ0n) is 25.7. The first kappa shape index (κ1) is 30.4. The lowest BCUT2D eigenvalue weighted by molar-refractivity contribution is -0.141. The van der Waals surface area contributed by atoms with E-state index in [1.807, 2.05) is 12.1 Å². The Morgan fingerprint density at radius 2 is 1.54 bits per heavy atom. The van der Waals surface area contributed by atoms with Crippen molar-refractivity contribution in [1.29, 1.82) is 0 Å². The third-order valence-electron chi connectivity index (χ3n) is 9.42. The van der Waals surface area contributed by atoms with Crippen molar-refractivity contribution in [2.24, 2.45) is 16.7 Å². The molecule has 218 valence electrons. The van der Waals surface area contributed by atoms with E-state index in [1.54, 1.807) is 0 Å². The van der Waals surface area contributed by atoms with Crippen molar-refractivity contribution in [3.63, 3.8) is 0 Å². The van der Waals surface area contributed by atoms with Gasteiger partial charge in [0.1, 0.15) is 0 Å². The van der Waals surface area contributed by atoms with Crippen LogP contribution in [0, 0.1) is 16.7 Å². The van der Waals surface area contributed by atoms with E-state index in [-0.39, 0.29) is 46.7 Å². The summed E-state index contributed by atoms with van der Waals surface area (Å²) in [5.74, 6) is 0.577. The lowest BCUT2D eigenvalue weighted by atomic mass is 9.75. The highest BCUT2D eigenvalue weighted by Crippen LogP contribution is 2.41. The van der Waals surface area contributed by atoms with Crippen molar-refractivity contribution in [2.45, 2.75) is 117 Å². The summed E-state index contributed by atoms with van der Waals surface area (Å²) in [5, 5.41) is 0.723. The van der Waals surface area contributed by atoms with E-state index in [4.69, 9.17) is 11.6 Å². The molecule has 0 N–H and O–H groups in total. The smallest absolute Gasteiger partial charge is 0.227 e. The number of benzene rings is 1. The Hall–Kier alpha value is -1.59. The summed E-state index contributed by atoms with van der Waals surface area (Å²) in [4.78, 5) is 34.7. The molecule has 3 atom stereocenters. The van der Waals surface area contributed by atoms with Crippen LogP contribution in [0.15, 0.2) is 24.3 Å². The van der Waals surface area contributed by atoms with E-state index in [0.717, 1.165) is 56.8 Å². The van der Waals surface area contributed by atoms with Gasteiger partial charge in [-0.25, -0.2) is 0 Å². The van der Waals surface area contributed by atoms with E-state index in [2.05, 4.69) is 82.2 Å². The average molecular weight is 558 g/mol. The van der Waals surface area contributed by atoms with Crippen molar-refractivity contribution in [3.8, 4) is 0 Å². The van der Waals surface area contributed by atoms with Crippen LogP contribution in [0.25, 0.3) is 0 Å². The molecular weight excluding hydrogens is 506 g/mol. The predicted molar refractivity (Wildman–Crippen MR) is 161 cm³/mol. The fraction of sp³-hybridized carbons (Fsp3) is 0.758. The standard InChI is InChI=1S/C33H52ClN3O2/c1-31(2,3)19-29(38)37(25-13-16-33(7,8)17-14-25)26-15-18-35(20-26)30(39)28-22-36(32(4,5)6)21-27(28)23-9-11-24(34)12-10-23/h9-12,25-28H,13-22H2,1-8H3/t26-,27-,28+/m0/s1. The molecule has 2 saturated heterocycles. The highest BCUT2D eigenvalue weighted by atomic mass is 35.5. The average Bonchev–Trinajstić information content (AvgIpc) is 3.47. The quantitative estimate of drug-likeness (QED) is 0.392. The third kappa shape index (κ3) is 7.38. The Morgan fingerprint density at radius 1 is 0.923 bits per heavy atom. The number of rotatable bonds is 5. The highest BCUT2D eigenvalue weighted by molar-refractivity contribution is 6.30. The number of likely N-dealkylation sites (tertiary alicyclic amines) is 2. The van der Waals surface area contributed by atoms with Gasteiger partial charge in [0.05, 0.1) is 12.0 Å². The van der Waals surface area contributed by atoms with Crippen LogP contribution in [0.1, 0.15) is 105 Å². The van der Waals surface area contributed by atoms with Crippen molar-refractivity contribution in [2.75, 3.05) is 26.2 Å². The Balaban J connectivity index is 1.52. The molecule has 5 nitrogen and oxygen atoms in total. The first-order valence-corrected chi connectivity index (χ1v) is 15.5. The summed E-state index contributed by atoms with van der Waals surface area (Å²) in [6.45, 7) is 20.9. The van der Waals surface area contributed by atoms with Crippen LogP contribution in [0.2, 0.25) is 5.02 Å². The topological polar surface area (TPSA) is 43.9 Å². The van der Waals surface area contributed by atoms with Gasteiger partial charge >= 0.3 is 0 Å². The Morgan fingerprint density at radius 3 is 2.10 bits per heavy atom. The maximum absolute atomic E-state index is 14.2. The maximum atomic E-state index is 14.2. The number of carbonyl (C=O) groups is 2. The first-order valence-electron chi connectivity index (χ1n) is 15.1. The molecule has 0 bridgehead atoms. The molecule has 6 heteroatoms. The highest BCUT2D eigenvalue weighted by Gasteiger charge is 2.46. The van der Waals surface area contributed by atoms with Crippen molar-refractivity contribution in [3.05, 3.63) is 34.9 Å². The number of carbonyl (C=O) groups excluding carboxylic acids is 2. The van der Waals surface area contributed by atoms with Gasteiger partial charge in [-0.15, -0.1) is 0 Å². The Labute approximate surface area is 242 Å². The lowest BCUT2D eigenvalue weighted by Gasteiger charge is -2.43. The second-order valence-corrected chi connectivity index (χ2v) is 15.9. The van der Waals surface area contributed by atoms with Gasteiger partial charge in [-0.3, -0.25) is 14.5 Å². The van der Waals surface area contributed by atoms with Crippen molar-refractivity contribution in [1.82, 2.24) is 14.7 Å². The second-order valence-electron chi connectivity index (χ2n) is 15.5. The fourth-order valence-corrected chi connectivity index (χ4v) is 7.09. The number of halogens is 1. The summed E-state index contributed by atoms with van der Waals surface area (Å²) < 4.78 is 0. The van der Waals surface area contributed by atoms with Gasteiger partial charge in [-0.05, 0) is 81.4 Å². The van der Waals surface area contributed by atoms with Crippen LogP contribution < -0.4 is 0 Å². The van der Waals surface area contributed by atoms with Gasteiger partial charge in [0.2, 0.25) is 11.8 Å². The molecule has 1 aromatic carbocycles. The summed E-state index contributed by atoms with van der Waals surface area (Å²) in [7, 11) is 0. The number of amides is 2. The van der Waals surface area contributed by atoms with Crippen molar-refractivity contribution < 1.29 is 9.59 Å². The number of hydrogen-bond donors (Lipinski definition) is 0. The van der Waals surface area contributed by atoms with Gasteiger partial charge in [-0.1, -0.05) is 58.4 Å². The van der Waals surface area contributed by atoms with E-state index in [0.29, 0.717) is 18.4 Å². The molecule has 1 saturated carbocycles.